The van der Waals surface area contributed by atoms with Crippen LogP contribution in [0.25, 0.3) is 10.3 Å². The molecule has 0 radical (unpaired) electrons. The van der Waals surface area contributed by atoms with Crippen LogP contribution in [-0.2, 0) is 4.79 Å². The Balaban J connectivity index is 1.46. The summed E-state index contributed by atoms with van der Waals surface area (Å²) >= 11 is 3.06. The number of rotatable bonds is 5. The fourth-order valence-electron chi connectivity index (χ4n) is 3.08. The highest BCUT2D eigenvalue weighted by Crippen LogP contribution is 2.34. The second kappa shape index (κ2) is 8.67. The van der Waals surface area contributed by atoms with Gasteiger partial charge in [-0.3, -0.25) is 4.79 Å². The first-order chi connectivity index (χ1) is 13.3. The van der Waals surface area contributed by atoms with Crippen molar-refractivity contribution in [1.29, 1.82) is 0 Å². The Hall–Kier alpha value is -2.19. The van der Waals surface area contributed by atoms with Crippen LogP contribution in [0.3, 0.4) is 0 Å². The van der Waals surface area contributed by atoms with Crippen molar-refractivity contribution in [3.05, 3.63) is 36.7 Å². The Morgan fingerprint density at radius 3 is 2.67 bits per heavy atom. The number of amides is 1. The second-order valence-corrected chi connectivity index (χ2v) is 8.37. The molecule has 1 amide bonds. The summed E-state index contributed by atoms with van der Waals surface area (Å²) < 4.78 is 0.967. The maximum Gasteiger partial charge on any atom is 0.234 e. The van der Waals surface area contributed by atoms with Crippen molar-refractivity contribution in [1.82, 2.24) is 15.0 Å². The number of thioether (sulfide) groups is 1. The molecule has 0 unspecified atom stereocenters. The highest BCUT2D eigenvalue weighted by molar-refractivity contribution is 8.00. The number of fused-ring (bicyclic) bond motifs is 1. The van der Waals surface area contributed by atoms with Crippen LogP contribution in [0.1, 0.15) is 25.7 Å². The van der Waals surface area contributed by atoms with Gasteiger partial charge in [0.05, 0.1) is 5.75 Å². The van der Waals surface area contributed by atoms with Crippen LogP contribution in [0.15, 0.2) is 41.7 Å². The standard InChI is InChI=1S/C19H21N5OS2/c25-15(22-14-8-4-3-5-9-14)12-26-18-16-17(20-13-21-18)23-19(27-16)24-10-6-1-2-7-11-24/h3-5,8-9,13H,1-2,6-7,10-12H2,(H,22,25). The number of aromatic nitrogens is 3. The lowest BCUT2D eigenvalue weighted by Crippen LogP contribution is -2.23. The van der Waals surface area contributed by atoms with Gasteiger partial charge in [0.2, 0.25) is 5.91 Å². The minimum Gasteiger partial charge on any atom is -0.348 e. The van der Waals surface area contributed by atoms with Crippen LogP contribution >= 0.6 is 23.1 Å². The molecule has 0 atom stereocenters. The molecule has 1 saturated heterocycles. The van der Waals surface area contributed by atoms with Crippen molar-refractivity contribution in [3.8, 4) is 0 Å². The van der Waals surface area contributed by atoms with E-state index < -0.39 is 0 Å². The number of thiazole rings is 1. The van der Waals surface area contributed by atoms with E-state index in [-0.39, 0.29) is 5.91 Å². The third kappa shape index (κ3) is 4.56. The van der Waals surface area contributed by atoms with E-state index in [1.807, 2.05) is 30.3 Å². The maximum atomic E-state index is 12.2. The summed E-state index contributed by atoms with van der Waals surface area (Å²) in [6.07, 6.45) is 6.54. The van der Waals surface area contributed by atoms with Crippen LogP contribution in [0.4, 0.5) is 10.8 Å². The molecule has 8 heteroatoms. The lowest BCUT2D eigenvalue weighted by Gasteiger charge is -2.18. The van der Waals surface area contributed by atoms with E-state index in [1.165, 1.54) is 43.8 Å². The molecule has 0 bridgehead atoms. The number of benzene rings is 1. The fourth-order valence-corrected chi connectivity index (χ4v) is 5.02. The topological polar surface area (TPSA) is 71.0 Å². The first-order valence-electron chi connectivity index (χ1n) is 9.14. The molecule has 1 aliphatic heterocycles. The van der Waals surface area contributed by atoms with E-state index in [4.69, 9.17) is 4.98 Å². The first kappa shape index (κ1) is 18.2. The van der Waals surface area contributed by atoms with Gasteiger partial charge in [0.15, 0.2) is 10.8 Å². The normalized spacial score (nSPS) is 14.9. The molecule has 140 valence electrons. The molecule has 0 saturated carbocycles. The highest BCUT2D eigenvalue weighted by atomic mass is 32.2. The van der Waals surface area contributed by atoms with Gasteiger partial charge >= 0.3 is 0 Å². The molecular weight excluding hydrogens is 378 g/mol. The Kier molecular flexibility index (Phi) is 5.84. The summed E-state index contributed by atoms with van der Waals surface area (Å²) in [5.74, 6) is 0.257. The van der Waals surface area contributed by atoms with Crippen LogP contribution < -0.4 is 10.2 Å². The molecule has 1 N–H and O–H groups in total. The Labute approximate surface area is 166 Å². The van der Waals surface area contributed by atoms with Crippen LogP contribution in [0.5, 0.6) is 0 Å². The molecule has 2 aromatic heterocycles. The van der Waals surface area contributed by atoms with E-state index in [9.17, 15) is 4.79 Å². The average molecular weight is 400 g/mol. The lowest BCUT2D eigenvalue weighted by molar-refractivity contribution is -0.113. The monoisotopic (exact) mass is 399 g/mol. The minimum atomic E-state index is -0.0461. The van der Waals surface area contributed by atoms with E-state index in [0.717, 1.165) is 39.3 Å². The summed E-state index contributed by atoms with van der Waals surface area (Å²) in [5, 5.41) is 4.74. The molecule has 27 heavy (non-hydrogen) atoms. The van der Waals surface area contributed by atoms with Gasteiger partial charge in [-0.1, -0.05) is 54.1 Å². The van der Waals surface area contributed by atoms with E-state index >= 15 is 0 Å². The molecule has 0 aliphatic carbocycles. The number of carbonyl (C=O) groups excluding carboxylic acids is 1. The predicted molar refractivity (Wildman–Crippen MR) is 112 cm³/mol. The van der Waals surface area contributed by atoms with Gasteiger partial charge in [-0.25, -0.2) is 9.97 Å². The van der Waals surface area contributed by atoms with Crippen molar-refractivity contribution in [2.45, 2.75) is 30.7 Å². The van der Waals surface area contributed by atoms with E-state index in [1.54, 1.807) is 11.3 Å². The van der Waals surface area contributed by atoms with Gasteiger partial charge in [-0.2, -0.15) is 4.98 Å². The summed E-state index contributed by atoms with van der Waals surface area (Å²) in [5.41, 5.74) is 1.53. The number of hydrogen-bond acceptors (Lipinski definition) is 7. The summed E-state index contributed by atoms with van der Waals surface area (Å²) in [6, 6.07) is 9.48. The third-order valence-corrected chi connectivity index (χ3v) is 6.65. The van der Waals surface area contributed by atoms with Crippen molar-refractivity contribution in [2.24, 2.45) is 0 Å². The maximum absolute atomic E-state index is 12.2. The van der Waals surface area contributed by atoms with Gasteiger partial charge in [0, 0.05) is 18.8 Å². The number of nitrogens with one attached hydrogen (secondary N) is 1. The smallest absolute Gasteiger partial charge is 0.234 e. The van der Waals surface area contributed by atoms with Crippen molar-refractivity contribution < 1.29 is 4.79 Å². The SMILES string of the molecule is O=C(CSc1ncnc2nc(N3CCCCCC3)sc12)Nc1ccccc1. The fraction of sp³-hybridized carbons (Fsp3) is 0.368. The number of anilines is 2. The van der Waals surface area contributed by atoms with Gasteiger partial charge in [-0.15, -0.1) is 0 Å². The van der Waals surface area contributed by atoms with Crippen LogP contribution in [0.2, 0.25) is 0 Å². The first-order valence-corrected chi connectivity index (χ1v) is 10.9. The molecule has 1 fully saturated rings. The minimum absolute atomic E-state index is 0.0461. The molecule has 1 aliphatic rings. The lowest BCUT2D eigenvalue weighted by atomic mass is 10.2. The van der Waals surface area contributed by atoms with Crippen molar-refractivity contribution in [2.75, 3.05) is 29.1 Å². The molecular formula is C19H21N5OS2. The third-order valence-electron chi connectivity index (χ3n) is 4.42. The van der Waals surface area contributed by atoms with Crippen molar-refractivity contribution in [3.63, 3.8) is 0 Å². The van der Waals surface area contributed by atoms with Gasteiger partial charge in [-0.05, 0) is 25.0 Å². The Bertz CT molecular complexity index is 907. The average Bonchev–Trinajstić information content (AvgIpc) is 2.94. The molecule has 0 spiro atoms. The largest absolute Gasteiger partial charge is 0.348 e. The van der Waals surface area contributed by atoms with Crippen molar-refractivity contribution >= 4 is 50.2 Å². The zero-order valence-corrected chi connectivity index (χ0v) is 16.6. The molecule has 4 rings (SSSR count). The van der Waals surface area contributed by atoms with Crippen LogP contribution in [-0.4, -0.2) is 39.7 Å². The van der Waals surface area contributed by atoms with Crippen LogP contribution in [0, 0.1) is 0 Å². The highest BCUT2D eigenvalue weighted by Gasteiger charge is 2.17. The summed E-state index contributed by atoms with van der Waals surface area (Å²) in [6.45, 7) is 2.10. The predicted octanol–water partition coefficient (Wildman–Crippen LogP) is 4.20. The Morgan fingerprint density at radius 2 is 1.89 bits per heavy atom. The number of hydrogen-bond donors (Lipinski definition) is 1. The number of nitrogens with zero attached hydrogens (tertiary/aromatic N) is 4. The van der Waals surface area contributed by atoms with E-state index in [0.29, 0.717) is 5.75 Å². The molecule has 3 heterocycles. The zero-order chi connectivity index (χ0) is 18.5. The van der Waals surface area contributed by atoms with Gasteiger partial charge in [0.25, 0.3) is 0 Å². The van der Waals surface area contributed by atoms with E-state index in [2.05, 4.69) is 20.2 Å². The number of para-hydroxylation sites is 1. The quantitative estimate of drug-likeness (QED) is 0.512. The summed E-state index contributed by atoms with van der Waals surface area (Å²) in [7, 11) is 0. The second-order valence-electron chi connectivity index (χ2n) is 6.43. The zero-order valence-electron chi connectivity index (χ0n) is 14.9. The molecule has 6 nitrogen and oxygen atoms in total. The number of carbonyl (C=O) groups is 1. The van der Waals surface area contributed by atoms with Gasteiger partial charge in [0.1, 0.15) is 16.1 Å². The Morgan fingerprint density at radius 1 is 1.11 bits per heavy atom. The van der Waals surface area contributed by atoms with Gasteiger partial charge < -0.3 is 10.2 Å². The molecule has 3 aromatic rings. The summed E-state index contributed by atoms with van der Waals surface area (Å²) in [4.78, 5) is 28.0. The molecule has 1 aromatic carbocycles.